The van der Waals surface area contributed by atoms with Crippen LogP contribution < -0.4 is 5.32 Å². The van der Waals surface area contributed by atoms with E-state index in [-0.39, 0.29) is 0 Å². The molecule has 3 rings (SSSR count). The smallest absolute Gasteiger partial charge is 0.142 e. The highest BCUT2D eigenvalue weighted by atomic mass is 32.2. The molecular weight excluding hydrogens is 298 g/mol. The second-order valence-electron chi connectivity index (χ2n) is 6.08. The van der Waals surface area contributed by atoms with Gasteiger partial charge in [-0.05, 0) is 45.2 Å². The molecule has 2 fully saturated rings. The van der Waals surface area contributed by atoms with Crippen molar-refractivity contribution in [1.29, 1.82) is 0 Å². The molecule has 2 unspecified atom stereocenters. The molecule has 1 saturated heterocycles. The molecule has 2 heterocycles. The fourth-order valence-electron chi connectivity index (χ4n) is 2.86. The first-order chi connectivity index (χ1) is 10.1. The molecule has 116 valence electrons. The molecule has 1 saturated carbocycles. The Balaban J connectivity index is 1.71. The van der Waals surface area contributed by atoms with Crippen molar-refractivity contribution in [3.63, 3.8) is 0 Å². The third-order valence-electron chi connectivity index (χ3n) is 4.27. The minimum atomic E-state index is 0.458. The van der Waals surface area contributed by atoms with Crippen molar-refractivity contribution in [2.24, 2.45) is 0 Å². The normalized spacial score (nSPS) is 26.0. The van der Waals surface area contributed by atoms with E-state index >= 15 is 0 Å². The predicted molar refractivity (Wildman–Crippen MR) is 93.4 cm³/mol. The summed E-state index contributed by atoms with van der Waals surface area (Å²) in [6, 6.07) is 0.780. The minimum Gasteiger partial charge on any atom is -0.314 e. The van der Waals surface area contributed by atoms with E-state index in [0.29, 0.717) is 10.5 Å². The molecule has 1 aromatic rings. The Labute approximate surface area is 136 Å². The van der Waals surface area contributed by atoms with Gasteiger partial charge in [0.1, 0.15) is 5.82 Å². The van der Waals surface area contributed by atoms with Crippen LogP contribution in [-0.2, 0) is 6.42 Å². The van der Waals surface area contributed by atoms with Crippen molar-refractivity contribution in [1.82, 2.24) is 15.3 Å². The van der Waals surface area contributed by atoms with Crippen molar-refractivity contribution in [3.05, 3.63) is 22.8 Å². The van der Waals surface area contributed by atoms with Gasteiger partial charge in [-0.15, -0.1) is 11.8 Å². The average molecular weight is 324 g/mol. The van der Waals surface area contributed by atoms with Crippen LogP contribution in [0.2, 0.25) is 0 Å². The fourth-order valence-corrected chi connectivity index (χ4v) is 5.55. The maximum atomic E-state index is 4.85. The third-order valence-corrected chi connectivity index (χ3v) is 7.35. The second-order valence-corrected chi connectivity index (χ2v) is 8.81. The number of thioether (sulfide) groups is 2. The zero-order chi connectivity index (χ0) is 14.8. The van der Waals surface area contributed by atoms with Crippen molar-refractivity contribution in [2.45, 2.75) is 56.6 Å². The Bertz CT molecular complexity index is 479. The van der Waals surface area contributed by atoms with Gasteiger partial charge in [0.25, 0.3) is 0 Å². The van der Waals surface area contributed by atoms with Crippen LogP contribution >= 0.6 is 23.5 Å². The van der Waals surface area contributed by atoms with Crippen molar-refractivity contribution in [3.8, 4) is 0 Å². The number of aryl methyl sites for hydroxylation is 2. The molecular formula is C16H25N3S2. The molecule has 3 nitrogen and oxygen atoms in total. The lowest BCUT2D eigenvalue weighted by molar-refractivity contribution is 0.672. The molecule has 1 aromatic heterocycles. The van der Waals surface area contributed by atoms with E-state index < -0.39 is 0 Å². The van der Waals surface area contributed by atoms with Gasteiger partial charge in [0.05, 0.1) is 5.25 Å². The molecule has 0 radical (unpaired) electrons. The second kappa shape index (κ2) is 6.88. The first kappa shape index (κ1) is 15.6. The van der Waals surface area contributed by atoms with E-state index in [2.05, 4.69) is 37.8 Å². The lowest BCUT2D eigenvalue weighted by Gasteiger charge is -2.27. The van der Waals surface area contributed by atoms with Gasteiger partial charge in [-0.25, -0.2) is 9.97 Å². The van der Waals surface area contributed by atoms with Gasteiger partial charge in [0.2, 0.25) is 0 Å². The van der Waals surface area contributed by atoms with Crippen LogP contribution in [0, 0.1) is 13.8 Å². The van der Waals surface area contributed by atoms with E-state index in [1.54, 1.807) is 0 Å². The Morgan fingerprint density at radius 1 is 1.10 bits per heavy atom. The molecule has 2 aliphatic rings. The number of rotatable bonds is 5. The standard InChI is InChI=1S/C16H25N3S2/c1-10-14(6-7-17-13-4-5-13)11(2)19-16(18-10)15-12(3)20-8-9-21-15/h12-13,15,17H,4-9H2,1-3H3. The highest BCUT2D eigenvalue weighted by Gasteiger charge is 2.27. The van der Waals surface area contributed by atoms with Gasteiger partial charge >= 0.3 is 0 Å². The van der Waals surface area contributed by atoms with E-state index in [1.807, 2.05) is 11.8 Å². The van der Waals surface area contributed by atoms with Crippen LogP contribution in [0.3, 0.4) is 0 Å². The van der Waals surface area contributed by atoms with Crippen LogP contribution in [0.15, 0.2) is 0 Å². The Morgan fingerprint density at radius 3 is 2.38 bits per heavy atom. The predicted octanol–water partition coefficient (Wildman–Crippen LogP) is 3.30. The van der Waals surface area contributed by atoms with Crippen LogP contribution in [0.1, 0.15) is 47.8 Å². The topological polar surface area (TPSA) is 37.8 Å². The summed E-state index contributed by atoms with van der Waals surface area (Å²) in [5.74, 6) is 3.52. The van der Waals surface area contributed by atoms with Crippen LogP contribution in [0.25, 0.3) is 0 Å². The van der Waals surface area contributed by atoms with E-state index in [0.717, 1.165) is 24.8 Å². The summed E-state index contributed by atoms with van der Waals surface area (Å²) in [6.45, 7) is 7.66. The lowest BCUT2D eigenvalue weighted by atomic mass is 10.1. The van der Waals surface area contributed by atoms with Gasteiger partial charge < -0.3 is 5.32 Å². The molecule has 0 spiro atoms. The molecule has 1 N–H and O–H groups in total. The maximum absolute atomic E-state index is 4.85. The quantitative estimate of drug-likeness (QED) is 0.900. The number of nitrogens with zero attached hydrogens (tertiary/aromatic N) is 2. The third kappa shape index (κ3) is 3.93. The molecule has 2 atom stereocenters. The Kier molecular flexibility index (Phi) is 5.12. The molecule has 5 heteroatoms. The van der Waals surface area contributed by atoms with Gasteiger partial charge in [-0.3, -0.25) is 0 Å². The first-order valence-corrected chi connectivity index (χ1v) is 10.1. The highest BCUT2D eigenvalue weighted by molar-refractivity contribution is 8.06. The van der Waals surface area contributed by atoms with E-state index in [9.17, 15) is 0 Å². The zero-order valence-corrected chi connectivity index (χ0v) is 14.8. The van der Waals surface area contributed by atoms with Crippen molar-refractivity contribution in [2.75, 3.05) is 18.1 Å². The molecule has 21 heavy (non-hydrogen) atoms. The van der Waals surface area contributed by atoms with Crippen molar-refractivity contribution >= 4 is 23.5 Å². The molecule has 1 aliphatic carbocycles. The molecule has 1 aliphatic heterocycles. The van der Waals surface area contributed by atoms with Gasteiger partial charge in [0.15, 0.2) is 0 Å². The van der Waals surface area contributed by atoms with Crippen LogP contribution in [-0.4, -0.2) is 39.3 Å². The zero-order valence-electron chi connectivity index (χ0n) is 13.2. The molecule has 0 bridgehead atoms. The Morgan fingerprint density at radius 2 is 1.76 bits per heavy atom. The van der Waals surface area contributed by atoms with E-state index in [1.165, 1.54) is 41.3 Å². The summed E-state index contributed by atoms with van der Waals surface area (Å²) >= 11 is 4.07. The fraction of sp³-hybridized carbons (Fsp3) is 0.750. The Hall–Kier alpha value is -0.260. The van der Waals surface area contributed by atoms with Gasteiger partial charge in [-0.2, -0.15) is 11.8 Å². The van der Waals surface area contributed by atoms with Crippen molar-refractivity contribution < 1.29 is 0 Å². The largest absolute Gasteiger partial charge is 0.314 e. The molecule has 0 amide bonds. The number of aromatic nitrogens is 2. The number of nitrogens with one attached hydrogen (secondary N) is 1. The summed E-state index contributed by atoms with van der Waals surface area (Å²) in [6.07, 6.45) is 3.75. The van der Waals surface area contributed by atoms with Crippen LogP contribution in [0.5, 0.6) is 0 Å². The maximum Gasteiger partial charge on any atom is 0.142 e. The lowest BCUT2D eigenvalue weighted by Crippen LogP contribution is -2.22. The molecule has 0 aromatic carbocycles. The summed E-state index contributed by atoms with van der Waals surface area (Å²) in [5.41, 5.74) is 3.70. The number of hydrogen-bond donors (Lipinski definition) is 1. The summed E-state index contributed by atoms with van der Waals surface area (Å²) < 4.78 is 0. The minimum absolute atomic E-state index is 0.458. The summed E-state index contributed by atoms with van der Waals surface area (Å²) in [5, 5.41) is 4.66. The average Bonchev–Trinajstić information content (AvgIpc) is 3.26. The highest BCUT2D eigenvalue weighted by Crippen LogP contribution is 2.41. The number of hydrogen-bond acceptors (Lipinski definition) is 5. The summed E-state index contributed by atoms with van der Waals surface area (Å²) in [7, 11) is 0. The monoisotopic (exact) mass is 323 g/mol. The van der Waals surface area contributed by atoms with Crippen LogP contribution in [0.4, 0.5) is 0 Å². The van der Waals surface area contributed by atoms with Gasteiger partial charge in [0, 0.05) is 34.2 Å². The van der Waals surface area contributed by atoms with E-state index in [4.69, 9.17) is 9.97 Å². The van der Waals surface area contributed by atoms with Gasteiger partial charge in [-0.1, -0.05) is 6.92 Å². The SMILES string of the molecule is Cc1nc(C2SCCSC2C)nc(C)c1CCNC1CC1. The summed E-state index contributed by atoms with van der Waals surface area (Å²) in [4.78, 5) is 9.70. The first-order valence-electron chi connectivity index (χ1n) is 7.95.